The van der Waals surface area contributed by atoms with Crippen molar-refractivity contribution in [3.05, 3.63) is 157 Å². The van der Waals surface area contributed by atoms with Gasteiger partial charge in [0.2, 0.25) is 0 Å². The molecule has 1 aliphatic heterocycles. The molecule has 5 heteroatoms. The standard InChI is InChI=1S/C40H26N4O/c1-2-10-27(11-3-1)43-33-15-7-5-13-29(33)32-22-25(19-21-35(32)43)26-18-20-30-28-12-4-8-16-34(28)44(36(30)23-26)40-39-38(41-24-42-40)31-14-6-9-17-37(31)45-39/h1-24,30,36H. The average Bonchev–Trinajstić information content (AvgIpc) is 3.76. The molecule has 10 rings (SSSR count). The van der Waals surface area contributed by atoms with E-state index in [1.807, 2.05) is 18.2 Å². The van der Waals surface area contributed by atoms with E-state index in [4.69, 9.17) is 9.40 Å². The number of nitrogens with zero attached hydrogens (tertiary/aromatic N) is 4. The minimum absolute atomic E-state index is 0.0371. The predicted molar refractivity (Wildman–Crippen MR) is 182 cm³/mol. The minimum Gasteiger partial charge on any atom is -0.450 e. The third-order valence-electron chi connectivity index (χ3n) is 9.44. The van der Waals surface area contributed by atoms with E-state index in [0.29, 0.717) is 5.58 Å². The normalized spacial score (nSPS) is 17.3. The molecule has 8 aromatic rings. The van der Waals surface area contributed by atoms with Crippen LogP contribution in [0.25, 0.3) is 55.1 Å². The van der Waals surface area contributed by atoms with Crippen LogP contribution in [-0.2, 0) is 0 Å². The van der Waals surface area contributed by atoms with Crippen molar-refractivity contribution in [2.45, 2.75) is 12.0 Å². The molecule has 212 valence electrons. The molecule has 0 spiro atoms. The maximum absolute atomic E-state index is 6.42. The fourth-order valence-corrected chi connectivity index (χ4v) is 7.48. The number of anilines is 2. The summed E-state index contributed by atoms with van der Waals surface area (Å²) in [6, 6.07) is 42.9. The molecule has 45 heavy (non-hydrogen) atoms. The molecule has 0 N–H and O–H groups in total. The Labute approximate surface area is 259 Å². The largest absolute Gasteiger partial charge is 0.450 e. The smallest absolute Gasteiger partial charge is 0.196 e. The zero-order valence-electron chi connectivity index (χ0n) is 24.2. The van der Waals surface area contributed by atoms with Crippen molar-refractivity contribution in [2.24, 2.45) is 0 Å². The van der Waals surface area contributed by atoms with Gasteiger partial charge in [-0.25, -0.2) is 9.97 Å². The van der Waals surface area contributed by atoms with Gasteiger partial charge in [0, 0.05) is 33.5 Å². The van der Waals surface area contributed by atoms with E-state index in [9.17, 15) is 0 Å². The van der Waals surface area contributed by atoms with Crippen molar-refractivity contribution in [3.63, 3.8) is 0 Å². The first-order chi connectivity index (χ1) is 22.3. The van der Waals surface area contributed by atoms with E-state index in [-0.39, 0.29) is 12.0 Å². The summed E-state index contributed by atoms with van der Waals surface area (Å²) in [5, 5.41) is 3.50. The van der Waals surface area contributed by atoms with E-state index in [0.717, 1.165) is 33.7 Å². The summed E-state index contributed by atoms with van der Waals surface area (Å²) in [4.78, 5) is 11.8. The fourth-order valence-electron chi connectivity index (χ4n) is 7.48. The Morgan fingerprint density at radius 2 is 1.44 bits per heavy atom. The second-order valence-corrected chi connectivity index (χ2v) is 11.8. The van der Waals surface area contributed by atoms with Crippen LogP contribution in [0.1, 0.15) is 17.0 Å². The first kappa shape index (κ1) is 24.5. The van der Waals surface area contributed by atoms with Crippen molar-refractivity contribution in [1.82, 2.24) is 14.5 Å². The Morgan fingerprint density at radius 3 is 2.38 bits per heavy atom. The molecule has 2 atom stereocenters. The van der Waals surface area contributed by atoms with Gasteiger partial charge < -0.3 is 13.9 Å². The first-order valence-corrected chi connectivity index (χ1v) is 15.3. The molecular formula is C40H26N4O. The highest BCUT2D eigenvalue weighted by molar-refractivity contribution is 6.10. The van der Waals surface area contributed by atoms with E-state index >= 15 is 0 Å². The highest BCUT2D eigenvalue weighted by atomic mass is 16.3. The number of hydrogen-bond donors (Lipinski definition) is 0. The summed E-state index contributed by atoms with van der Waals surface area (Å²) in [5.74, 6) is 0.992. The third kappa shape index (κ3) is 3.49. The van der Waals surface area contributed by atoms with Gasteiger partial charge in [-0.1, -0.05) is 91.0 Å². The topological polar surface area (TPSA) is 47.1 Å². The number of furan rings is 1. The van der Waals surface area contributed by atoms with E-state index in [1.54, 1.807) is 6.33 Å². The Balaban J connectivity index is 1.15. The van der Waals surface area contributed by atoms with Gasteiger partial charge in [-0.05, 0) is 65.2 Å². The highest BCUT2D eigenvalue weighted by Gasteiger charge is 2.40. The lowest BCUT2D eigenvalue weighted by Crippen LogP contribution is -2.30. The molecule has 0 saturated heterocycles. The van der Waals surface area contributed by atoms with Crippen molar-refractivity contribution in [3.8, 4) is 5.69 Å². The molecule has 5 aromatic carbocycles. The summed E-state index contributed by atoms with van der Waals surface area (Å²) < 4.78 is 8.78. The number of para-hydroxylation sites is 4. The molecule has 3 aromatic heterocycles. The van der Waals surface area contributed by atoms with Crippen molar-refractivity contribution in [2.75, 3.05) is 4.90 Å². The van der Waals surface area contributed by atoms with Gasteiger partial charge in [0.05, 0.1) is 17.1 Å². The van der Waals surface area contributed by atoms with Crippen LogP contribution >= 0.6 is 0 Å². The molecule has 4 heterocycles. The van der Waals surface area contributed by atoms with Crippen LogP contribution in [0, 0.1) is 0 Å². The third-order valence-corrected chi connectivity index (χ3v) is 9.44. The SMILES string of the molecule is C1=CC2c3ccccc3N(c3ncnc4c3oc3ccccc34)C2C=C1c1ccc2c(c1)c1ccccc1n2-c1ccccc1. The maximum Gasteiger partial charge on any atom is 0.196 e. The fraction of sp³-hybridized carbons (Fsp3) is 0.0500. The lowest BCUT2D eigenvalue weighted by molar-refractivity contribution is 0.659. The molecule has 0 bridgehead atoms. The van der Waals surface area contributed by atoms with Gasteiger partial charge >= 0.3 is 0 Å². The van der Waals surface area contributed by atoms with Crippen molar-refractivity contribution >= 4 is 61.0 Å². The van der Waals surface area contributed by atoms with Gasteiger partial charge in [-0.15, -0.1) is 0 Å². The molecular weight excluding hydrogens is 552 g/mol. The zero-order chi connectivity index (χ0) is 29.5. The van der Waals surface area contributed by atoms with Gasteiger partial charge in [0.25, 0.3) is 0 Å². The second-order valence-electron chi connectivity index (χ2n) is 11.8. The predicted octanol–water partition coefficient (Wildman–Crippen LogP) is 9.73. The lowest BCUT2D eigenvalue weighted by Gasteiger charge is -2.29. The molecule has 2 aliphatic rings. The Hall–Kier alpha value is -5.94. The summed E-state index contributed by atoms with van der Waals surface area (Å²) >= 11 is 0. The first-order valence-electron chi connectivity index (χ1n) is 15.3. The molecule has 0 saturated carbocycles. The number of allylic oxidation sites excluding steroid dienone is 2. The summed E-state index contributed by atoms with van der Waals surface area (Å²) in [6.07, 6.45) is 8.71. The molecule has 0 amide bonds. The number of aromatic nitrogens is 3. The second kappa shape index (κ2) is 9.28. The number of rotatable bonds is 3. The summed E-state index contributed by atoms with van der Waals surface area (Å²) in [6.45, 7) is 0. The van der Waals surface area contributed by atoms with Crippen LogP contribution in [0.4, 0.5) is 11.5 Å². The number of hydrogen-bond acceptors (Lipinski definition) is 4. The molecule has 0 radical (unpaired) electrons. The van der Waals surface area contributed by atoms with Crippen LogP contribution in [0.3, 0.4) is 0 Å². The highest BCUT2D eigenvalue weighted by Crippen LogP contribution is 2.50. The Morgan fingerprint density at radius 1 is 0.667 bits per heavy atom. The molecule has 0 fully saturated rings. The Kier molecular flexibility index (Phi) is 5.05. The molecule has 5 nitrogen and oxygen atoms in total. The van der Waals surface area contributed by atoms with Crippen molar-refractivity contribution < 1.29 is 4.42 Å². The van der Waals surface area contributed by atoms with Crippen LogP contribution in [0.2, 0.25) is 0 Å². The van der Waals surface area contributed by atoms with E-state index in [2.05, 4.69) is 136 Å². The van der Waals surface area contributed by atoms with Crippen LogP contribution in [-0.4, -0.2) is 20.6 Å². The van der Waals surface area contributed by atoms with Crippen LogP contribution < -0.4 is 4.90 Å². The van der Waals surface area contributed by atoms with Crippen LogP contribution in [0.15, 0.2) is 150 Å². The average molecular weight is 579 g/mol. The summed E-state index contributed by atoms with van der Waals surface area (Å²) in [5.41, 5.74) is 10.8. The lowest BCUT2D eigenvalue weighted by atomic mass is 9.86. The van der Waals surface area contributed by atoms with E-state index < -0.39 is 0 Å². The van der Waals surface area contributed by atoms with Gasteiger partial charge in [0.15, 0.2) is 11.4 Å². The number of benzene rings is 5. The van der Waals surface area contributed by atoms with E-state index in [1.165, 1.54) is 38.5 Å². The minimum atomic E-state index is 0.0371. The maximum atomic E-state index is 6.42. The van der Waals surface area contributed by atoms with Gasteiger partial charge in [-0.2, -0.15) is 0 Å². The van der Waals surface area contributed by atoms with Gasteiger partial charge in [-0.3, -0.25) is 0 Å². The quantitative estimate of drug-likeness (QED) is 0.209. The van der Waals surface area contributed by atoms with Crippen LogP contribution in [0.5, 0.6) is 0 Å². The molecule has 1 aliphatic carbocycles. The number of fused-ring (bicyclic) bond motifs is 9. The summed E-state index contributed by atoms with van der Waals surface area (Å²) in [7, 11) is 0. The zero-order valence-corrected chi connectivity index (χ0v) is 24.2. The monoisotopic (exact) mass is 578 g/mol. The molecule has 2 unspecified atom stereocenters. The van der Waals surface area contributed by atoms with Gasteiger partial charge in [0.1, 0.15) is 17.4 Å². The van der Waals surface area contributed by atoms with Crippen molar-refractivity contribution in [1.29, 1.82) is 0 Å². The Bertz CT molecular complexity index is 2520.